The van der Waals surface area contributed by atoms with Crippen molar-refractivity contribution in [3.8, 4) is 10.4 Å². The van der Waals surface area contributed by atoms with E-state index in [1.54, 1.807) is 11.3 Å². The predicted octanol–water partition coefficient (Wildman–Crippen LogP) is 4.31. The van der Waals surface area contributed by atoms with Crippen LogP contribution in [0.4, 0.5) is 10.7 Å². The molecule has 33 heavy (non-hydrogen) atoms. The topological polar surface area (TPSA) is 93.6 Å². The monoisotopic (exact) mass is 466 g/mol. The van der Waals surface area contributed by atoms with Gasteiger partial charge in [-0.05, 0) is 48.3 Å². The van der Waals surface area contributed by atoms with E-state index in [0.717, 1.165) is 39.6 Å². The number of imidazole rings is 1. The van der Waals surface area contributed by atoms with E-state index in [2.05, 4.69) is 27.7 Å². The van der Waals surface area contributed by atoms with Crippen LogP contribution in [0, 0.1) is 17.8 Å². The number of aromatic nitrogens is 2. The van der Waals surface area contributed by atoms with Crippen molar-refractivity contribution in [2.24, 2.45) is 17.8 Å². The first kappa shape index (κ1) is 21.0. The molecule has 0 bridgehead atoms. The molecule has 1 saturated heterocycles. The lowest BCUT2D eigenvalue weighted by atomic mass is 9.95. The highest BCUT2D eigenvalue weighted by atomic mass is 32.1. The van der Waals surface area contributed by atoms with Gasteiger partial charge < -0.3 is 25.0 Å². The molecule has 7 nitrogen and oxygen atoms in total. The van der Waals surface area contributed by atoms with Crippen LogP contribution in [0.15, 0.2) is 24.5 Å². The average molecular weight is 467 g/mol. The van der Waals surface area contributed by atoms with Crippen molar-refractivity contribution in [3.05, 3.63) is 30.1 Å². The molecule has 0 spiro atoms. The van der Waals surface area contributed by atoms with Crippen LogP contribution in [0.1, 0.15) is 48.5 Å². The SMILES string of the molecule is COC(=O)c1c(N2C[C@@H]3[C@@H](CO)[C@@H]3C2)sc(-c2ccc3c(c2)ncn3C2CCCCC2)c1N. The number of nitrogens with two attached hydrogens (primary N) is 1. The Morgan fingerprint density at radius 1 is 1.24 bits per heavy atom. The predicted molar refractivity (Wildman–Crippen MR) is 131 cm³/mol. The zero-order valence-corrected chi connectivity index (χ0v) is 19.7. The number of ether oxygens (including phenoxy) is 1. The molecule has 0 unspecified atom stereocenters. The molecule has 3 atom stereocenters. The minimum absolute atomic E-state index is 0.248. The summed E-state index contributed by atoms with van der Waals surface area (Å²) in [6.07, 6.45) is 8.29. The van der Waals surface area contributed by atoms with Crippen molar-refractivity contribution in [2.45, 2.75) is 38.1 Å². The standard InChI is InChI=1S/C25H30N4O3S/c1-32-25(31)21-22(26)23(33-24(21)28-10-16-17(11-28)18(16)12-30)14-7-8-20-19(9-14)27-13-29(20)15-5-3-2-4-6-15/h7-9,13,15-18,30H,2-6,10-12,26H2,1H3/t16-,17+,18+. The third kappa shape index (κ3) is 3.34. The maximum Gasteiger partial charge on any atom is 0.343 e. The van der Waals surface area contributed by atoms with Gasteiger partial charge in [0.1, 0.15) is 10.6 Å². The van der Waals surface area contributed by atoms with Gasteiger partial charge in [-0.25, -0.2) is 9.78 Å². The second-order valence-electron chi connectivity index (χ2n) is 9.74. The number of aliphatic hydroxyl groups is 1. The Labute approximate surface area is 197 Å². The molecule has 3 N–H and O–H groups in total. The number of esters is 1. The fourth-order valence-electron chi connectivity index (χ4n) is 6.08. The second-order valence-corrected chi connectivity index (χ2v) is 10.7. The average Bonchev–Trinajstić information content (AvgIpc) is 3.22. The lowest BCUT2D eigenvalue weighted by Gasteiger charge is -2.23. The Morgan fingerprint density at radius 3 is 2.70 bits per heavy atom. The maximum atomic E-state index is 12.7. The molecule has 3 fully saturated rings. The van der Waals surface area contributed by atoms with Crippen molar-refractivity contribution < 1.29 is 14.6 Å². The Hall–Kier alpha value is -2.58. The first-order valence-electron chi connectivity index (χ1n) is 11.9. The summed E-state index contributed by atoms with van der Waals surface area (Å²) in [5.74, 6) is 1.02. The number of piperidine rings is 1. The summed E-state index contributed by atoms with van der Waals surface area (Å²) >= 11 is 1.56. The van der Waals surface area contributed by atoms with Crippen LogP contribution in [0.3, 0.4) is 0 Å². The Balaban J connectivity index is 1.36. The Morgan fingerprint density at radius 2 is 2.00 bits per heavy atom. The van der Waals surface area contributed by atoms with Gasteiger partial charge in [0.25, 0.3) is 0 Å². The molecular formula is C25H30N4O3S. The number of rotatable bonds is 5. The van der Waals surface area contributed by atoms with Crippen LogP contribution >= 0.6 is 11.3 Å². The van der Waals surface area contributed by atoms with Crippen LogP contribution in [-0.2, 0) is 4.74 Å². The van der Waals surface area contributed by atoms with Gasteiger partial charge in [0, 0.05) is 25.7 Å². The third-order valence-electron chi connectivity index (χ3n) is 7.99. The van der Waals surface area contributed by atoms with E-state index in [0.29, 0.717) is 35.0 Å². The summed E-state index contributed by atoms with van der Waals surface area (Å²) in [6, 6.07) is 6.85. The van der Waals surface area contributed by atoms with E-state index in [9.17, 15) is 9.90 Å². The molecule has 1 aliphatic heterocycles. The normalized spacial score (nSPS) is 24.9. The lowest BCUT2D eigenvalue weighted by Crippen LogP contribution is -2.25. The molecule has 8 heteroatoms. The smallest absolute Gasteiger partial charge is 0.343 e. The number of fused-ring (bicyclic) bond motifs is 2. The lowest BCUT2D eigenvalue weighted by molar-refractivity contribution is 0.0603. The summed E-state index contributed by atoms with van der Waals surface area (Å²) in [5, 5.41) is 10.4. The minimum atomic E-state index is -0.396. The summed E-state index contributed by atoms with van der Waals surface area (Å²) < 4.78 is 7.42. The molecule has 2 aliphatic carbocycles. The molecule has 2 saturated carbocycles. The largest absolute Gasteiger partial charge is 0.465 e. The van der Waals surface area contributed by atoms with Crippen LogP contribution in [-0.4, -0.2) is 47.4 Å². The van der Waals surface area contributed by atoms with Gasteiger partial charge in [0.2, 0.25) is 0 Å². The maximum absolute atomic E-state index is 12.7. The number of carbonyl (C=O) groups excluding carboxylic acids is 1. The summed E-state index contributed by atoms with van der Waals surface area (Å²) in [7, 11) is 1.40. The molecular weight excluding hydrogens is 436 g/mol. The fraction of sp³-hybridized carbons (Fsp3) is 0.520. The molecule has 0 radical (unpaired) electrons. The van der Waals surface area contributed by atoms with E-state index in [1.165, 1.54) is 39.2 Å². The first-order valence-corrected chi connectivity index (χ1v) is 12.8. The van der Waals surface area contributed by atoms with Gasteiger partial charge in [-0.1, -0.05) is 25.3 Å². The van der Waals surface area contributed by atoms with Crippen molar-refractivity contribution in [1.82, 2.24) is 9.55 Å². The highest BCUT2D eigenvalue weighted by molar-refractivity contribution is 7.20. The van der Waals surface area contributed by atoms with Gasteiger partial charge >= 0.3 is 5.97 Å². The van der Waals surface area contributed by atoms with Crippen LogP contribution in [0.2, 0.25) is 0 Å². The molecule has 3 aliphatic rings. The van der Waals surface area contributed by atoms with E-state index in [4.69, 9.17) is 15.5 Å². The summed E-state index contributed by atoms with van der Waals surface area (Å²) in [6.45, 7) is 1.95. The van der Waals surface area contributed by atoms with Crippen molar-refractivity contribution in [1.29, 1.82) is 0 Å². The third-order valence-corrected chi connectivity index (χ3v) is 9.31. The highest BCUT2D eigenvalue weighted by Crippen LogP contribution is 2.55. The number of methoxy groups -OCH3 is 1. The van der Waals surface area contributed by atoms with Crippen LogP contribution in [0.25, 0.3) is 21.5 Å². The quantitative estimate of drug-likeness (QED) is 0.544. The van der Waals surface area contributed by atoms with E-state index in [1.807, 2.05) is 6.33 Å². The molecule has 2 aromatic heterocycles. The first-order chi connectivity index (χ1) is 16.1. The number of hydrogen-bond donors (Lipinski definition) is 2. The number of benzene rings is 1. The van der Waals surface area contributed by atoms with E-state index >= 15 is 0 Å². The van der Waals surface area contributed by atoms with E-state index < -0.39 is 5.97 Å². The number of anilines is 2. The molecule has 3 heterocycles. The van der Waals surface area contributed by atoms with Gasteiger partial charge in [-0.3, -0.25) is 0 Å². The van der Waals surface area contributed by atoms with Gasteiger partial charge in [-0.2, -0.15) is 0 Å². The molecule has 174 valence electrons. The zero-order valence-electron chi connectivity index (χ0n) is 18.9. The Kier molecular flexibility index (Phi) is 5.10. The second kappa shape index (κ2) is 8.02. The molecule has 6 rings (SSSR count). The van der Waals surface area contributed by atoms with Crippen molar-refractivity contribution >= 4 is 39.0 Å². The number of thiophene rings is 1. The summed E-state index contributed by atoms with van der Waals surface area (Å²) in [4.78, 5) is 20.5. The Bertz CT molecular complexity index is 1200. The zero-order chi connectivity index (χ0) is 22.7. The molecule has 1 aromatic carbocycles. The van der Waals surface area contributed by atoms with Crippen LogP contribution in [0.5, 0.6) is 0 Å². The van der Waals surface area contributed by atoms with Crippen LogP contribution < -0.4 is 10.6 Å². The number of hydrogen-bond acceptors (Lipinski definition) is 7. The number of nitrogen functional groups attached to an aromatic ring is 1. The molecule has 0 amide bonds. The summed E-state index contributed by atoms with van der Waals surface area (Å²) in [5.41, 5.74) is 10.6. The van der Waals surface area contributed by atoms with Gasteiger partial charge in [-0.15, -0.1) is 11.3 Å². The minimum Gasteiger partial charge on any atom is -0.465 e. The molecule has 3 aromatic rings. The number of nitrogens with zero attached hydrogens (tertiary/aromatic N) is 3. The van der Waals surface area contributed by atoms with Crippen molar-refractivity contribution in [3.63, 3.8) is 0 Å². The number of aliphatic hydroxyl groups excluding tert-OH is 1. The fourth-order valence-corrected chi connectivity index (χ4v) is 7.30. The highest BCUT2D eigenvalue weighted by Gasteiger charge is 2.55. The van der Waals surface area contributed by atoms with Gasteiger partial charge in [0.15, 0.2) is 0 Å². The van der Waals surface area contributed by atoms with E-state index in [-0.39, 0.29) is 6.61 Å². The van der Waals surface area contributed by atoms with Gasteiger partial charge in [0.05, 0.1) is 35.0 Å². The number of carbonyl (C=O) groups is 1. The van der Waals surface area contributed by atoms with Crippen molar-refractivity contribution in [2.75, 3.05) is 37.4 Å².